The number of hydrogen-bond donors (Lipinski definition) is 1. The first kappa shape index (κ1) is 17.9. The minimum absolute atomic E-state index is 0.0173. The lowest BCUT2D eigenvalue weighted by Crippen LogP contribution is -2.35. The van der Waals surface area contributed by atoms with Crippen LogP contribution in [0.3, 0.4) is 0 Å². The first-order chi connectivity index (χ1) is 9.56. The lowest BCUT2D eigenvalue weighted by atomic mass is 10.1. The second-order valence-corrected chi connectivity index (χ2v) is 8.08. The third kappa shape index (κ3) is 5.30. The molecule has 1 aromatic rings. The zero-order valence-corrected chi connectivity index (χ0v) is 14.4. The lowest BCUT2D eigenvalue weighted by Gasteiger charge is -2.20. The summed E-state index contributed by atoms with van der Waals surface area (Å²) in [7, 11) is -3.60. The monoisotopic (exact) mass is 314 g/mol. The van der Waals surface area contributed by atoms with Gasteiger partial charge in [-0.25, -0.2) is 8.42 Å². The summed E-state index contributed by atoms with van der Waals surface area (Å²) in [6.45, 7) is 14.7. The molecule has 0 aliphatic rings. The Morgan fingerprint density at radius 1 is 1.38 bits per heavy atom. The van der Waals surface area contributed by atoms with E-state index in [1.54, 1.807) is 19.9 Å². The maximum absolute atomic E-state index is 12.5. The minimum Gasteiger partial charge on any atom is -0.447 e. The third-order valence-corrected chi connectivity index (χ3v) is 4.62. The Balaban J connectivity index is 2.89. The summed E-state index contributed by atoms with van der Waals surface area (Å²) in [6.07, 6.45) is 0. The largest absolute Gasteiger partial charge is 0.447 e. The molecule has 120 valence electrons. The van der Waals surface area contributed by atoms with Crippen molar-refractivity contribution < 1.29 is 12.8 Å². The van der Waals surface area contributed by atoms with Crippen LogP contribution < -0.4 is 5.32 Å². The molecule has 0 amide bonds. The van der Waals surface area contributed by atoms with Crippen LogP contribution in [0.1, 0.15) is 40.4 Å². The summed E-state index contributed by atoms with van der Waals surface area (Å²) in [6, 6.07) is 3.20. The van der Waals surface area contributed by atoms with Gasteiger partial charge in [-0.1, -0.05) is 19.1 Å². The molecule has 6 heteroatoms. The Bertz CT molecular complexity index is 582. The average Bonchev–Trinajstić information content (AvgIpc) is 2.81. The molecule has 0 atom stereocenters. The van der Waals surface area contributed by atoms with Gasteiger partial charge in [-0.2, -0.15) is 4.31 Å². The van der Waals surface area contributed by atoms with E-state index < -0.39 is 10.0 Å². The van der Waals surface area contributed by atoms with Crippen LogP contribution in [0.25, 0.3) is 0 Å². The molecule has 0 spiro atoms. The number of nitrogens with one attached hydrogen (secondary N) is 1. The number of hydrogen-bond acceptors (Lipinski definition) is 4. The summed E-state index contributed by atoms with van der Waals surface area (Å²) >= 11 is 0. The molecule has 1 heterocycles. The van der Waals surface area contributed by atoms with Crippen LogP contribution in [0.15, 0.2) is 33.8 Å². The van der Waals surface area contributed by atoms with Gasteiger partial charge in [0.05, 0.1) is 6.54 Å². The van der Waals surface area contributed by atoms with Crippen molar-refractivity contribution in [1.29, 1.82) is 0 Å². The Hall–Kier alpha value is -1.11. The van der Waals surface area contributed by atoms with Gasteiger partial charge < -0.3 is 9.73 Å². The molecule has 0 fully saturated rings. The van der Waals surface area contributed by atoms with Crippen molar-refractivity contribution in [2.45, 2.75) is 51.8 Å². The van der Waals surface area contributed by atoms with Crippen LogP contribution in [0.2, 0.25) is 0 Å². The van der Waals surface area contributed by atoms with Crippen LogP contribution >= 0.6 is 0 Å². The van der Waals surface area contributed by atoms with Gasteiger partial charge in [-0.05, 0) is 39.8 Å². The van der Waals surface area contributed by atoms with Gasteiger partial charge in [0, 0.05) is 18.6 Å². The lowest BCUT2D eigenvalue weighted by molar-refractivity contribution is 0.350. The zero-order valence-electron chi connectivity index (χ0n) is 13.6. The Morgan fingerprint density at radius 3 is 2.48 bits per heavy atom. The molecule has 0 unspecified atom stereocenters. The van der Waals surface area contributed by atoms with E-state index in [9.17, 15) is 8.42 Å². The van der Waals surface area contributed by atoms with E-state index in [0.717, 1.165) is 5.57 Å². The molecular weight excluding hydrogens is 288 g/mol. The summed E-state index contributed by atoms with van der Waals surface area (Å²) in [5.41, 5.74) is 0.739. The Labute approximate surface area is 128 Å². The second kappa shape index (κ2) is 6.77. The Morgan fingerprint density at radius 2 is 2.00 bits per heavy atom. The van der Waals surface area contributed by atoms with Crippen LogP contribution in [0.4, 0.5) is 0 Å². The standard InChI is InChI=1S/C15H26N2O3S/c1-7-17(11-12(2)3)21(18,19)14-9-8-13(20-14)10-16-15(4,5)6/h8-9,16H,2,7,10-11H2,1,3-6H3. The van der Waals surface area contributed by atoms with Gasteiger partial charge in [-0.15, -0.1) is 0 Å². The fraction of sp³-hybridized carbons (Fsp3) is 0.600. The number of sulfonamides is 1. The maximum atomic E-state index is 12.5. The van der Waals surface area contributed by atoms with Gasteiger partial charge in [0.2, 0.25) is 5.09 Å². The molecule has 1 aromatic heterocycles. The predicted molar refractivity (Wildman–Crippen MR) is 84.5 cm³/mol. The molecule has 5 nitrogen and oxygen atoms in total. The van der Waals surface area contributed by atoms with Gasteiger partial charge in [-0.3, -0.25) is 0 Å². The molecular formula is C15H26N2O3S. The van der Waals surface area contributed by atoms with Crippen molar-refractivity contribution in [1.82, 2.24) is 9.62 Å². The van der Waals surface area contributed by atoms with Crippen molar-refractivity contribution in [3.63, 3.8) is 0 Å². The second-order valence-electron chi connectivity index (χ2n) is 6.21. The SMILES string of the molecule is C=C(C)CN(CC)S(=O)(=O)c1ccc(CNC(C)(C)C)o1. The Kier molecular flexibility index (Phi) is 5.78. The summed E-state index contributed by atoms with van der Waals surface area (Å²) in [5.74, 6) is 0.606. The van der Waals surface area contributed by atoms with Crippen molar-refractivity contribution in [3.8, 4) is 0 Å². The van der Waals surface area contributed by atoms with Crippen molar-refractivity contribution in [2.75, 3.05) is 13.1 Å². The molecule has 1 rings (SSSR count). The van der Waals surface area contributed by atoms with E-state index in [1.807, 2.05) is 20.8 Å². The highest BCUT2D eigenvalue weighted by atomic mass is 32.2. The van der Waals surface area contributed by atoms with Crippen LogP contribution in [-0.4, -0.2) is 31.4 Å². The van der Waals surface area contributed by atoms with E-state index in [0.29, 0.717) is 25.4 Å². The maximum Gasteiger partial charge on any atom is 0.276 e. The molecule has 0 radical (unpaired) electrons. The first-order valence-electron chi connectivity index (χ1n) is 7.04. The number of nitrogens with zero attached hydrogens (tertiary/aromatic N) is 1. The summed E-state index contributed by atoms with van der Waals surface area (Å²) in [5, 5.41) is 3.24. The topological polar surface area (TPSA) is 62.6 Å². The fourth-order valence-corrected chi connectivity index (χ4v) is 3.18. The molecule has 1 N–H and O–H groups in total. The number of likely N-dealkylation sites (N-methyl/N-ethyl adjacent to an activating group) is 1. The van der Waals surface area contributed by atoms with E-state index in [-0.39, 0.29) is 10.6 Å². The number of furan rings is 1. The quantitative estimate of drug-likeness (QED) is 0.786. The smallest absolute Gasteiger partial charge is 0.276 e. The molecule has 21 heavy (non-hydrogen) atoms. The highest BCUT2D eigenvalue weighted by molar-refractivity contribution is 7.89. The third-order valence-electron chi connectivity index (χ3n) is 2.82. The van der Waals surface area contributed by atoms with E-state index in [1.165, 1.54) is 10.4 Å². The van der Waals surface area contributed by atoms with E-state index in [2.05, 4.69) is 11.9 Å². The van der Waals surface area contributed by atoms with E-state index in [4.69, 9.17) is 4.42 Å². The minimum atomic E-state index is -3.60. The van der Waals surface area contributed by atoms with Crippen LogP contribution in [0, 0.1) is 0 Å². The molecule has 0 aromatic carbocycles. The van der Waals surface area contributed by atoms with Crippen molar-refractivity contribution >= 4 is 10.0 Å². The normalized spacial score (nSPS) is 12.9. The highest BCUT2D eigenvalue weighted by Gasteiger charge is 2.26. The molecule has 0 saturated carbocycles. The van der Waals surface area contributed by atoms with Crippen molar-refractivity contribution in [3.05, 3.63) is 30.0 Å². The van der Waals surface area contributed by atoms with Crippen LogP contribution in [-0.2, 0) is 16.6 Å². The molecule has 0 aliphatic heterocycles. The molecule has 0 bridgehead atoms. The average molecular weight is 314 g/mol. The highest BCUT2D eigenvalue weighted by Crippen LogP contribution is 2.20. The predicted octanol–water partition coefficient (Wildman–Crippen LogP) is 2.75. The van der Waals surface area contributed by atoms with Gasteiger partial charge in [0.25, 0.3) is 10.0 Å². The number of rotatable bonds is 7. The van der Waals surface area contributed by atoms with E-state index >= 15 is 0 Å². The summed E-state index contributed by atoms with van der Waals surface area (Å²) in [4.78, 5) is 0. The molecule has 0 aliphatic carbocycles. The molecule has 0 saturated heterocycles. The van der Waals surface area contributed by atoms with Gasteiger partial charge in [0.1, 0.15) is 5.76 Å². The zero-order chi connectivity index (χ0) is 16.3. The summed E-state index contributed by atoms with van der Waals surface area (Å²) < 4.78 is 31.8. The first-order valence-corrected chi connectivity index (χ1v) is 8.48. The van der Waals surface area contributed by atoms with Gasteiger partial charge in [0.15, 0.2) is 0 Å². The van der Waals surface area contributed by atoms with Crippen molar-refractivity contribution in [2.24, 2.45) is 0 Å². The van der Waals surface area contributed by atoms with Crippen LogP contribution in [0.5, 0.6) is 0 Å². The van der Waals surface area contributed by atoms with Gasteiger partial charge >= 0.3 is 0 Å². The fourth-order valence-electron chi connectivity index (χ4n) is 1.74.